The third-order valence-electron chi connectivity index (χ3n) is 3.38. The van der Waals surface area contributed by atoms with Gasteiger partial charge in [-0.2, -0.15) is 0 Å². The Bertz CT molecular complexity index is 561. The number of hydrogen-bond donors (Lipinski definition) is 0. The molecule has 0 nitrogen and oxygen atoms in total. The van der Waals surface area contributed by atoms with Gasteiger partial charge in [-0.15, -0.1) is 11.6 Å². The summed E-state index contributed by atoms with van der Waals surface area (Å²) in [7, 11) is 0. The second kappa shape index (κ2) is 7.36. The number of rotatable bonds is 5. The molecule has 0 aliphatic rings. The third-order valence-corrected chi connectivity index (χ3v) is 4.42. The molecule has 0 fully saturated rings. The second-order valence-electron chi connectivity index (χ2n) is 5.15. The maximum Gasteiger partial charge on any atom is 0.0439 e. The van der Waals surface area contributed by atoms with Gasteiger partial charge in [0.15, 0.2) is 0 Å². The van der Waals surface area contributed by atoms with Crippen LogP contribution in [0.15, 0.2) is 42.5 Å². The fourth-order valence-corrected chi connectivity index (χ4v) is 2.86. The van der Waals surface area contributed by atoms with Crippen LogP contribution in [0.2, 0.25) is 10.0 Å². The normalized spacial score (nSPS) is 12.4. The van der Waals surface area contributed by atoms with Gasteiger partial charge in [0, 0.05) is 15.9 Å². The van der Waals surface area contributed by atoms with Crippen LogP contribution in [-0.2, 0) is 12.8 Å². The van der Waals surface area contributed by atoms with Gasteiger partial charge >= 0.3 is 0 Å². The van der Waals surface area contributed by atoms with Crippen LogP contribution in [-0.4, -0.2) is 5.88 Å². The Kier molecular flexibility index (Phi) is 5.77. The lowest BCUT2D eigenvalue weighted by Crippen LogP contribution is -2.10. The van der Waals surface area contributed by atoms with Crippen LogP contribution in [0.25, 0.3) is 0 Å². The Labute approximate surface area is 135 Å². The van der Waals surface area contributed by atoms with Gasteiger partial charge in [0.05, 0.1) is 0 Å². The molecule has 3 heteroatoms. The number of hydrogen-bond acceptors (Lipinski definition) is 0. The predicted molar refractivity (Wildman–Crippen MR) is 89.3 cm³/mol. The highest BCUT2D eigenvalue weighted by Gasteiger charge is 2.12. The third kappa shape index (κ3) is 4.41. The molecule has 2 aromatic carbocycles. The topological polar surface area (TPSA) is 0 Å². The van der Waals surface area contributed by atoms with E-state index in [1.54, 1.807) is 0 Å². The lowest BCUT2D eigenvalue weighted by molar-refractivity contribution is 0.584. The van der Waals surface area contributed by atoms with E-state index in [4.69, 9.17) is 34.8 Å². The van der Waals surface area contributed by atoms with Crippen LogP contribution in [0.1, 0.15) is 16.7 Å². The second-order valence-corrected chi connectivity index (χ2v) is 6.30. The van der Waals surface area contributed by atoms with Crippen LogP contribution in [0, 0.1) is 12.8 Å². The molecule has 0 saturated heterocycles. The molecule has 0 aromatic heterocycles. The van der Waals surface area contributed by atoms with Gasteiger partial charge in [0.2, 0.25) is 0 Å². The first-order chi connectivity index (χ1) is 9.58. The summed E-state index contributed by atoms with van der Waals surface area (Å²) in [5.41, 5.74) is 3.64. The Morgan fingerprint density at radius 3 is 2.30 bits per heavy atom. The molecule has 0 saturated carbocycles. The SMILES string of the molecule is Cc1ccc(CC(CCl)Cc2cc(Cl)ccc2Cl)cc1. The maximum absolute atomic E-state index is 6.22. The van der Waals surface area contributed by atoms with E-state index in [0.29, 0.717) is 16.8 Å². The van der Waals surface area contributed by atoms with E-state index in [-0.39, 0.29) is 0 Å². The van der Waals surface area contributed by atoms with Crippen molar-refractivity contribution < 1.29 is 0 Å². The van der Waals surface area contributed by atoms with Crippen molar-refractivity contribution >= 4 is 34.8 Å². The van der Waals surface area contributed by atoms with E-state index in [9.17, 15) is 0 Å². The van der Waals surface area contributed by atoms with Gasteiger partial charge in [-0.1, -0.05) is 53.0 Å². The summed E-state index contributed by atoms with van der Waals surface area (Å²) in [5.74, 6) is 0.965. The summed E-state index contributed by atoms with van der Waals surface area (Å²) in [6, 6.07) is 14.2. The van der Waals surface area contributed by atoms with Gasteiger partial charge in [-0.05, 0) is 55.0 Å². The van der Waals surface area contributed by atoms with Crippen molar-refractivity contribution in [1.82, 2.24) is 0 Å². The quantitative estimate of drug-likeness (QED) is 0.596. The van der Waals surface area contributed by atoms with Gasteiger partial charge in [-0.25, -0.2) is 0 Å². The van der Waals surface area contributed by atoms with E-state index < -0.39 is 0 Å². The van der Waals surface area contributed by atoms with Crippen LogP contribution >= 0.6 is 34.8 Å². The molecule has 0 N–H and O–H groups in total. The Morgan fingerprint density at radius 1 is 0.950 bits per heavy atom. The summed E-state index contributed by atoms with van der Waals surface area (Å²) in [6.45, 7) is 2.09. The van der Waals surface area contributed by atoms with E-state index in [2.05, 4.69) is 31.2 Å². The van der Waals surface area contributed by atoms with Crippen LogP contribution < -0.4 is 0 Å². The summed E-state index contributed by atoms with van der Waals surface area (Å²) in [4.78, 5) is 0. The molecule has 1 unspecified atom stereocenters. The number of halogens is 3. The monoisotopic (exact) mass is 326 g/mol. The largest absolute Gasteiger partial charge is 0.126 e. The number of benzene rings is 2. The lowest BCUT2D eigenvalue weighted by Gasteiger charge is -2.15. The minimum Gasteiger partial charge on any atom is -0.126 e. The van der Waals surface area contributed by atoms with Crippen molar-refractivity contribution in [3.8, 4) is 0 Å². The molecule has 2 rings (SSSR count). The average molecular weight is 328 g/mol. The minimum absolute atomic E-state index is 0.357. The molecule has 0 spiro atoms. The lowest BCUT2D eigenvalue weighted by atomic mass is 9.93. The highest BCUT2D eigenvalue weighted by atomic mass is 35.5. The molecular formula is C17H17Cl3. The Hall–Kier alpha value is -0.690. The Morgan fingerprint density at radius 2 is 1.65 bits per heavy atom. The summed E-state index contributed by atoms with van der Waals surface area (Å²) in [6.07, 6.45) is 1.80. The average Bonchev–Trinajstić information content (AvgIpc) is 2.44. The number of alkyl halides is 1. The van der Waals surface area contributed by atoms with E-state index >= 15 is 0 Å². The smallest absolute Gasteiger partial charge is 0.0439 e. The summed E-state index contributed by atoms with van der Waals surface area (Å²) >= 11 is 18.4. The fourth-order valence-electron chi connectivity index (χ4n) is 2.25. The Balaban J connectivity index is 2.08. The standard InChI is InChI=1S/C17H17Cl3/c1-12-2-4-13(5-3-12)8-14(11-18)9-15-10-16(19)6-7-17(15)20/h2-7,10,14H,8-9,11H2,1H3. The predicted octanol–water partition coefficient (Wildman–Crippen LogP) is 5.94. The zero-order valence-electron chi connectivity index (χ0n) is 11.4. The van der Waals surface area contributed by atoms with Crippen LogP contribution in [0.4, 0.5) is 0 Å². The zero-order chi connectivity index (χ0) is 14.5. The zero-order valence-corrected chi connectivity index (χ0v) is 13.6. The van der Waals surface area contributed by atoms with Crippen molar-refractivity contribution in [1.29, 1.82) is 0 Å². The molecule has 0 amide bonds. The van der Waals surface area contributed by atoms with Gasteiger partial charge in [0.1, 0.15) is 0 Å². The molecule has 20 heavy (non-hydrogen) atoms. The van der Waals surface area contributed by atoms with Gasteiger partial charge in [0.25, 0.3) is 0 Å². The van der Waals surface area contributed by atoms with Gasteiger partial charge in [-0.3, -0.25) is 0 Å². The maximum atomic E-state index is 6.22. The van der Waals surface area contributed by atoms with Crippen molar-refractivity contribution in [2.45, 2.75) is 19.8 Å². The van der Waals surface area contributed by atoms with Crippen LogP contribution in [0.5, 0.6) is 0 Å². The molecule has 0 aliphatic heterocycles. The van der Waals surface area contributed by atoms with E-state index in [1.807, 2.05) is 18.2 Å². The molecule has 0 radical (unpaired) electrons. The molecule has 0 bridgehead atoms. The number of aryl methyl sites for hydroxylation is 1. The molecular weight excluding hydrogens is 311 g/mol. The molecule has 0 heterocycles. The molecule has 2 aromatic rings. The minimum atomic E-state index is 0.357. The highest BCUT2D eigenvalue weighted by Crippen LogP contribution is 2.25. The molecule has 106 valence electrons. The first-order valence-corrected chi connectivity index (χ1v) is 7.93. The highest BCUT2D eigenvalue weighted by molar-refractivity contribution is 6.33. The van der Waals surface area contributed by atoms with Gasteiger partial charge < -0.3 is 0 Å². The summed E-state index contributed by atoms with van der Waals surface area (Å²) in [5, 5.41) is 1.47. The fraction of sp³-hybridized carbons (Fsp3) is 0.294. The molecule has 1 atom stereocenters. The van der Waals surface area contributed by atoms with Crippen molar-refractivity contribution in [2.75, 3.05) is 5.88 Å². The van der Waals surface area contributed by atoms with Crippen molar-refractivity contribution in [3.05, 3.63) is 69.2 Å². The van der Waals surface area contributed by atoms with Crippen molar-refractivity contribution in [2.24, 2.45) is 5.92 Å². The van der Waals surface area contributed by atoms with E-state index in [1.165, 1.54) is 11.1 Å². The van der Waals surface area contributed by atoms with Crippen molar-refractivity contribution in [3.63, 3.8) is 0 Å². The first kappa shape index (κ1) is 15.7. The summed E-state index contributed by atoms with van der Waals surface area (Å²) < 4.78 is 0. The van der Waals surface area contributed by atoms with Crippen LogP contribution in [0.3, 0.4) is 0 Å². The molecule has 0 aliphatic carbocycles. The first-order valence-electron chi connectivity index (χ1n) is 6.64. The van der Waals surface area contributed by atoms with E-state index in [0.717, 1.165) is 23.4 Å².